The van der Waals surface area contributed by atoms with Crippen LogP contribution in [0.3, 0.4) is 0 Å². The van der Waals surface area contributed by atoms with Crippen molar-refractivity contribution in [2.75, 3.05) is 0 Å². The molecule has 0 saturated heterocycles. The molecule has 1 aromatic carbocycles. The van der Waals surface area contributed by atoms with Gasteiger partial charge in [0.05, 0.1) is 4.83 Å². The van der Waals surface area contributed by atoms with Crippen molar-refractivity contribution < 1.29 is 13.2 Å². The first-order chi connectivity index (χ1) is 8.95. The lowest BCUT2D eigenvalue weighted by molar-refractivity contribution is -0.121. The standard InChI is InChI=1S/C11H12BrN3O3S/c1-2-8(12)11(16)14-13-10-7-5-3-4-6-9(7)19(17,18)15-10/h3-6,8H,2H2,1H3,(H,13,15)(H,14,16). The third-order valence-corrected chi connectivity index (χ3v) is 4.98. The van der Waals surface area contributed by atoms with Crippen molar-refractivity contribution in [3.05, 3.63) is 29.8 Å². The number of hydrogen-bond acceptors (Lipinski definition) is 4. The van der Waals surface area contributed by atoms with Crippen LogP contribution in [-0.2, 0) is 14.8 Å². The Balaban J connectivity index is 2.18. The van der Waals surface area contributed by atoms with Crippen LogP contribution in [0.15, 0.2) is 33.6 Å². The van der Waals surface area contributed by atoms with Crippen molar-refractivity contribution in [1.82, 2.24) is 10.9 Å². The van der Waals surface area contributed by atoms with Crippen LogP contribution in [0.4, 0.5) is 0 Å². The molecule has 0 radical (unpaired) electrons. The van der Waals surface area contributed by atoms with E-state index in [1.54, 1.807) is 18.2 Å². The molecule has 1 aromatic rings. The Hall–Kier alpha value is -1.41. The minimum atomic E-state index is -3.67. The maximum atomic E-state index is 11.7. The smallest absolute Gasteiger partial charge is 0.281 e. The number of nitrogens with zero attached hydrogens (tertiary/aromatic N) is 1. The highest BCUT2D eigenvalue weighted by Gasteiger charge is 2.28. The van der Waals surface area contributed by atoms with Gasteiger partial charge in [-0.15, -0.1) is 4.40 Å². The number of sulfonamides is 1. The van der Waals surface area contributed by atoms with Crippen LogP contribution in [0.25, 0.3) is 0 Å². The van der Waals surface area contributed by atoms with Crippen LogP contribution in [-0.4, -0.2) is 25.0 Å². The van der Waals surface area contributed by atoms with Gasteiger partial charge in [-0.25, -0.2) is 0 Å². The number of hydrogen-bond donors (Lipinski definition) is 2. The molecule has 1 atom stereocenters. The molecule has 1 heterocycles. The molecule has 19 heavy (non-hydrogen) atoms. The largest absolute Gasteiger partial charge is 0.285 e. The summed E-state index contributed by atoms with van der Waals surface area (Å²) in [6.07, 6.45) is 0.620. The summed E-state index contributed by atoms with van der Waals surface area (Å²) >= 11 is 3.20. The van der Waals surface area contributed by atoms with E-state index in [0.717, 1.165) is 0 Å². The number of hydrazine groups is 1. The van der Waals surface area contributed by atoms with Crippen molar-refractivity contribution in [2.45, 2.75) is 23.1 Å². The van der Waals surface area contributed by atoms with E-state index in [0.29, 0.717) is 12.0 Å². The summed E-state index contributed by atoms with van der Waals surface area (Å²) in [5.74, 6) is -0.160. The van der Waals surface area contributed by atoms with Gasteiger partial charge in [0.25, 0.3) is 15.9 Å². The van der Waals surface area contributed by atoms with Crippen LogP contribution in [0, 0.1) is 0 Å². The average Bonchev–Trinajstić information content (AvgIpc) is 2.67. The van der Waals surface area contributed by atoms with Gasteiger partial charge in [-0.3, -0.25) is 15.6 Å². The lowest BCUT2D eigenvalue weighted by Gasteiger charge is -2.10. The predicted octanol–water partition coefficient (Wildman–Crippen LogP) is 0.930. The fourth-order valence-corrected chi connectivity index (χ4v) is 2.87. The number of carbonyl (C=O) groups is 1. The van der Waals surface area contributed by atoms with E-state index in [1.807, 2.05) is 6.92 Å². The number of amidine groups is 1. The summed E-state index contributed by atoms with van der Waals surface area (Å²) in [5.41, 5.74) is 5.42. The molecular weight excluding hydrogens is 334 g/mol. The van der Waals surface area contributed by atoms with Gasteiger partial charge in [0, 0.05) is 5.56 Å². The molecule has 2 rings (SSSR count). The number of alkyl halides is 1. The Morgan fingerprint density at radius 2 is 2.11 bits per heavy atom. The van der Waals surface area contributed by atoms with E-state index in [2.05, 4.69) is 31.2 Å². The van der Waals surface area contributed by atoms with Gasteiger partial charge >= 0.3 is 0 Å². The van der Waals surface area contributed by atoms with E-state index in [4.69, 9.17) is 0 Å². The van der Waals surface area contributed by atoms with Crippen molar-refractivity contribution >= 4 is 37.7 Å². The number of nitrogens with one attached hydrogen (secondary N) is 2. The second-order valence-electron chi connectivity index (χ2n) is 3.90. The van der Waals surface area contributed by atoms with E-state index in [-0.39, 0.29) is 21.5 Å². The Bertz CT molecular complexity index is 642. The van der Waals surface area contributed by atoms with E-state index >= 15 is 0 Å². The SMILES string of the molecule is CCC(Br)C(=O)NNC1=NS(=O)(=O)c2ccccc21. The molecule has 1 aliphatic rings. The second kappa shape index (κ2) is 5.30. The summed E-state index contributed by atoms with van der Waals surface area (Å²) in [7, 11) is -3.67. The van der Waals surface area contributed by atoms with Gasteiger partial charge in [0.2, 0.25) is 0 Å². The molecule has 6 nitrogen and oxygen atoms in total. The number of halogens is 1. The van der Waals surface area contributed by atoms with Gasteiger partial charge in [-0.05, 0) is 18.6 Å². The summed E-state index contributed by atoms with van der Waals surface area (Å²) < 4.78 is 27.1. The number of rotatable bonds is 2. The third-order valence-electron chi connectivity index (χ3n) is 2.58. The van der Waals surface area contributed by atoms with Crippen LogP contribution >= 0.6 is 15.9 Å². The highest BCUT2D eigenvalue weighted by Crippen LogP contribution is 2.24. The van der Waals surface area contributed by atoms with Gasteiger partial charge in [-0.2, -0.15) is 8.42 Å². The molecule has 102 valence electrons. The van der Waals surface area contributed by atoms with Gasteiger partial charge in [-0.1, -0.05) is 35.0 Å². The number of amides is 1. The molecule has 0 aromatic heterocycles. The number of carbonyl (C=O) groups excluding carboxylic acids is 1. The molecule has 1 unspecified atom stereocenters. The first kappa shape index (κ1) is 14.0. The molecule has 0 saturated carbocycles. The number of benzene rings is 1. The molecule has 1 aliphatic heterocycles. The predicted molar refractivity (Wildman–Crippen MR) is 74.4 cm³/mol. The summed E-state index contributed by atoms with van der Waals surface area (Å²) in [4.78, 5) is 11.4. The monoisotopic (exact) mass is 345 g/mol. The fraction of sp³-hybridized carbons (Fsp3) is 0.273. The first-order valence-electron chi connectivity index (χ1n) is 5.60. The molecule has 2 N–H and O–H groups in total. The van der Waals surface area contributed by atoms with E-state index < -0.39 is 10.0 Å². The summed E-state index contributed by atoms with van der Waals surface area (Å²) in [6, 6.07) is 6.43. The maximum absolute atomic E-state index is 11.7. The van der Waals surface area contributed by atoms with E-state index in [1.165, 1.54) is 6.07 Å². The Kier molecular flexibility index (Phi) is 3.91. The highest BCUT2D eigenvalue weighted by atomic mass is 79.9. The fourth-order valence-electron chi connectivity index (χ4n) is 1.58. The third kappa shape index (κ3) is 2.79. The zero-order valence-electron chi connectivity index (χ0n) is 10.1. The van der Waals surface area contributed by atoms with Gasteiger partial charge in [0.15, 0.2) is 5.84 Å². The quantitative estimate of drug-likeness (QED) is 0.616. The minimum Gasteiger partial charge on any atom is -0.281 e. The lowest BCUT2D eigenvalue weighted by atomic mass is 10.2. The van der Waals surface area contributed by atoms with Crippen molar-refractivity contribution in [3.8, 4) is 0 Å². The molecule has 0 aliphatic carbocycles. The van der Waals surface area contributed by atoms with E-state index in [9.17, 15) is 13.2 Å². The molecule has 1 amide bonds. The Labute approximate surface area is 119 Å². The zero-order chi connectivity index (χ0) is 14.0. The van der Waals surface area contributed by atoms with Crippen molar-refractivity contribution in [1.29, 1.82) is 0 Å². The molecule has 8 heteroatoms. The Morgan fingerprint density at radius 1 is 1.42 bits per heavy atom. The van der Waals surface area contributed by atoms with Gasteiger partial charge < -0.3 is 0 Å². The average molecular weight is 346 g/mol. The van der Waals surface area contributed by atoms with Crippen LogP contribution in [0.1, 0.15) is 18.9 Å². The van der Waals surface area contributed by atoms with Crippen LogP contribution in [0.5, 0.6) is 0 Å². The summed E-state index contributed by atoms with van der Waals surface area (Å²) in [5, 5.41) is 0. The normalized spacial score (nSPS) is 17.3. The molecule has 0 fully saturated rings. The Morgan fingerprint density at radius 3 is 2.79 bits per heavy atom. The topological polar surface area (TPSA) is 87.6 Å². The molecule has 0 bridgehead atoms. The van der Waals surface area contributed by atoms with Crippen molar-refractivity contribution in [2.24, 2.45) is 4.40 Å². The second-order valence-corrected chi connectivity index (χ2v) is 6.58. The van der Waals surface area contributed by atoms with Crippen molar-refractivity contribution in [3.63, 3.8) is 0 Å². The maximum Gasteiger partial charge on any atom is 0.285 e. The first-order valence-corrected chi connectivity index (χ1v) is 7.95. The van der Waals surface area contributed by atoms with Gasteiger partial charge in [0.1, 0.15) is 4.90 Å². The van der Waals surface area contributed by atoms with Crippen LogP contribution in [0.2, 0.25) is 0 Å². The highest BCUT2D eigenvalue weighted by molar-refractivity contribution is 9.10. The van der Waals surface area contributed by atoms with Crippen LogP contribution < -0.4 is 10.9 Å². The zero-order valence-corrected chi connectivity index (χ0v) is 12.5. The molecule has 0 spiro atoms. The molecular formula is C11H12BrN3O3S. The lowest BCUT2D eigenvalue weighted by Crippen LogP contribution is -2.44. The summed E-state index contributed by atoms with van der Waals surface area (Å²) in [6.45, 7) is 1.85. The minimum absolute atomic E-state index is 0.125. The number of fused-ring (bicyclic) bond motifs is 1.